The minimum absolute atomic E-state index is 0.263. The quantitative estimate of drug-likeness (QED) is 0.742. The molecule has 30 heavy (non-hydrogen) atoms. The van der Waals surface area contributed by atoms with Gasteiger partial charge in [-0.1, -0.05) is 20.8 Å². The van der Waals surface area contributed by atoms with Gasteiger partial charge < -0.3 is 20.1 Å². The first-order valence-electron chi connectivity index (χ1n) is 10.0. The van der Waals surface area contributed by atoms with E-state index in [1.807, 2.05) is 32.4 Å². The van der Waals surface area contributed by atoms with Crippen molar-refractivity contribution in [3.8, 4) is 11.4 Å². The van der Waals surface area contributed by atoms with Gasteiger partial charge in [-0.2, -0.15) is 4.39 Å². The number of carbonyl (C=O) groups excluding carboxylic acids is 2. The van der Waals surface area contributed by atoms with Gasteiger partial charge >= 0.3 is 0 Å². The standard InChI is InChI=1S/C21H29FN6O2/c1-21(2,3)17(20(30)23-4)26-19(29)16-14-12-27(5)9-6-10-28(14)18(25-16)13-7-8-15(22)24-11-13/h7-8,11,17H,6,9-10,12H2,1-5H3,(H,23,30)(H,26,29)/t17-/m1/s1. The van der Waals surface area contributed by atoms with Crippen LogP contribution < -0.4 is 10.6 Å². The van der Waals surface area contributed by atoms with Crippen LogP contribution in [0.15, 0.2) is 18.3 Å². The number of rotatable bonds is 4. The van der Waals surface area contributed by atoms with Gasteiger partial charge in [-0.3, -0.25) is 9.59 Å². The number of carbonyl (C=O) groups is 2. The molecule has 162 valence electrons. The lowest BCUT2D eigenvalue weighted by atomic mass is 9.86. The molecular formula is C21H29FN6O2. The Morgan fingerprint density at radius 2 is 1.97 bits per heavy atom. The maximum Gasteiger partial charge on any atom is 0.272 e. The number of pyridine rings is 1. The average Bonchev–Trinajstić information content (AvgIpc) is 2.91. The van der Waals surface area contributed by atoms with Crippen molar-refractivity contribution in [2.45, 2.75) is 46.3 Å². The number of imidazole rings is 1. The Hall–Kier alpha value is -2.81. The van der Waals surface area contributed by atoms with E-state index in [4.69, 9.17) is 0 Å². The molecule has 0 saturated heterocycles. The normalized spacial score (nSPS) is 15.8. The summed E-state index contributed by atoms with van der Waals surface area (Å²) in [5, 5.41) is 5.48. The van der Waals surface area contributed by atoms with Gasteiger partial charge in [0.05, 0.1) is 5.69 Å². The number of fused-ring (bicyclic) bond motifs is 1. The smallest absolute Gasteiger partial charge is 0.272 e. The van der Waals surface area contributed by atoms with E-state index in [2.05, 4.69) is 25.5 Å². The van der Waals surface area contributed by atoms with E-state index in [9.17, 15) is 14.0 Å². The summed E-state index contributed by atoms with van der Waals surface area (Å²) < 4.78 is 15.3. The second-order valence-electron chi connectivity index (χ2n) is 8.73. The minimum atomic E-state index is -0.716. The predicted octanol–water partition coefficient (Wildman–Crippen LogP) is 1.81. The molecule has 9 heteroatoms. The van der Waals surface area contributed by atoms with Crippen LogP contribution in [-0.4, -0.2) is 57.9 Å². The Morgan fingerprint density at radius 1 is 1.23 bits per heavy atom. The van der Waals surface area contributed by atoms with Gasteiger partial charge in [-0.25, -0.2) is 9.97 Å². The van der Waals surface area contributed by atoms with Crippen molar-refractivity contribution in [3.05, 3.63) is 35.7 Å². The molecule has 8 nitrogen and oxygen atoms in total. The number of likely N-dealkylation sites (N-methyl/N-ethyl adjacent to an activating group) is 1. The molecule has 0 radical (unpaired) electrons. The Balaban J connectivity index is 2.04. The van der Waals surface area contributed by atoms with E-state index in [1.54, 1.807) is 13.1 Å². The van der Waals surface area contributed by atoms with Crippen molar-refractivity contribution in [1.82, 2.24) is 30.1 Å². The highest BCUT2D eigenvalue weighted by Gasteiger charge is 2.34. The maximum absolute atomic E-state index is 13.3. The highest BCUT2D eigenvalue weighted by Crippen LogP contribution is 2.27. The summed E-state index contributed by atoms with van der Waals surface area (Å²) in [6.07, 6.45) is 2.31. The maximum atomic E-state index is 13.3. The number of nitrogens with one attached hydrogen (secondary N) is 2. The van der Waals surface area contributed by atoms with Crippen LogP contribution in [0.5, 0.6) is 0 Å². The van der Waals surface area contributed by atoms with E-state index in [-0.39, 0.29) is 11.6 Å². The van der Waals surface area contributed by atoms with Gasteiger partial charge in [0, 0.05) is 31.9 Å². The molecule has 2 aromatic rings. The third-order valence-corrected chi connectivity index (χ3v) is 5.26. The van der Waals surface area contributed by atoms with Crippen LogP contribution in [0.25, 0.3) is 11.4 Å². The molecule has 2 amide bonds. The summed E-state index contributed by atoms with van der Waals surface area (Å²) in [5.41, 5.74) is 1.21. The molecule has 1 aliphatic rings. The summed E-state index contributed by atoms with van der Waals surface area (Å²) in [5.74, 6) is -0.664. The van der Waals surface area contributed by atoms with Crippen LogP contribution in [-0.2, 0) is 17.9 Å². The molecule has 2 N–H and O–H groups in total. The monoisotopic (exact) mass is 416 g/mol. The number of hydrogen-bond acceptors (Lipinski definition) is 5. The minimum Gasteiger partial charge on any atom is -0.357 e. The first-order chi connectivity index (χ1) is 14.1. The molecular weight excluding hydrogens is 387 g/mol. The summed E-state index contributed by atoms with van der Waals surface area (Å²) in [4.78, 5) is 36.1. The molecule has 1 atom stereocenters. The fourth-order valence-corrected chi connectivity index (χ4v) is 3.65. The predicted molar refractivity (Wildman–Crippen MR) is 111 cm³/mol. The van der Waals surface area contributed by atoms with Gasteiger partial charge in [-0.15, -0.1) is 0 Å². The summed E-state index contributed by atoms with van der Waals surface area (Å²) in [7, 11) is 3.54. The number of hydrogen-bond donors (Lipinski definition) is 2. The van der Waals surface area contributed by atoms with Crippen molar-refractivity contribution in [3.63, 3.8) is 0 Å². The fraction of sp³-hybridized carbons (Fsp3) is 0.524. The van der Waals surface area contributed by atoms with Crippen LogP contribution in [0.3, 0.4) is 0 Å². The molecule has 0 unspecified atom stereocenters. The molecule has 3 heterocycles. The second kappa shape index (κ2) is 8.51. The highest BCUT2D eigenvalue weighted by atomic mass is 19.1. The van der Waals surface area contributed by atoms with Gasteiger partial charge in [-0.05, 0) is 37.6 Å². The summed E-state index contributed by atoms with van der Waals surface area (Å²) >= 11 is 0. The SMILES string of the molecule is CNC(=O)[C@@H](NC(=O)c1nc(-c2ccc(F)nc2)n2c1CN(C)CCC2)C(C)(C)C. The zero-order valence-corrected chi connectivity index (χ0v) is 18.1. The number of nitrogens with zero attached hydrogens (tertiary/aromatic N) is 4. The van der Waals surface area contributed by atoms with Crippen LogP contribution in [0.4, 0.5) is 4.39 Å². The third-order valence-electron chi connectivity index (χ3n) is 5.26. The number of aromatic nitrogens is 3. The Labute approximate surface area is 175 Å². The lowest BCUT2D eigenvalue weighted by Gasteiger charge is -2.29. The molecule has 2 aromatic heterocycles. The first kappa shape index (κ1) is 21.9. The van der Waals surface area contributed by atoms with Crippen LogP contribution in [0.2, 0.25) is 0 Å². The lowest BCUT2D eigenvalue weighted by Crippen LogP contribution is -2.53. The van der Waals surface area contributed by atoms with Gasteiger partial charge in [0.2, 0.25) is 11.9 Å². The Kier molecular flexibility index (Phi) is 6.21. The lowest BCUT2D eigenvalue weighted by molar-refractivity contribution is -0.124. The Morgan fingerprint density at radius 3 is 2.57 bits per heavy atom. The van der Waals surface area contributed by atoms with Crippen molar-refractivity contribution in [2.75, 3.05) is 20.6 Å². The fourth-order valence-electron chi connectivity index (χ4n) is 3.65. The summed E-state index contributed by atoms with van der Waals surface area (Å²) in [6.45, 7) is 7.79. The van der Waals surface area contributed by atoms with E-state index in [0.29, 0.717) is 24.5 Å². The van der Waals surface area contributed by atoms with E-state index < -0.39 is 23.3 Å². The zero-order valence-electron chi connectivity index (χ0n) is 18.1. The van der Waals surface area contributed by atoms with Crippen LogP contribution >= 0.6 is 0 Å². The van der Waals surface area contributed by atoms with Crippen molar-refractivity contribution in [2.24, 2.45) is 5.41 Å². The van der Waals surface area contributed by atoms with E-state index >= 15 is 0 Å². The largest absolute Gasteiger partial charge is 0.357 e. The molecule has 0 fully saturated rings. The second-order valence-corrected chi connectivity index (χ2v) is 8.73. The number of amides is 2. The van der Waals surface area contributed by atoms with Crippen LogP contribution in [0, 0.1) is 11.4 Å². The van der Waals surface area contributed by atoms with Crippen LogP contribution in [0.1, 0.15) is 43.4 Å². The van der Waals surface area contributed by atoms with Gasteiger partial charge in [0.25, 0.3) is 5.91 Å². The molecule has 0 bridgehead atoms. The zero-order chi connectivity index (χ0) is 22.1. The molecule has 3 rings (SSSR count). The van der Waals surface area contributed by atoms with E-state index in [0.717, 1.165) is 18.7 Å². The van der Waals surface area contributed by atoms with Crippen molar-refractivity contribution >= 4 is 11.8 Å². The van der Waals surface area contributed by atoms with Gasteiger partial charge in [0.15, 0.2) is 5.69 Å². The van der Waals surface area contributed by atoms with Crippen molar-refractivity contribution < 1.29 is 14.0 Å². The average molecular weight is 417 g/mol. The third kappa shape index (κ3) is 4.51. The molecule has 0 spiro atoms. The first-order valence-corrected chi connectivity index (χ1v) is 10.0. The topological polar surface area (TPSA) is 92.1 Å². The number of halogens is 1. The van der Waals surface area contributed by atoms with Crippen molar-refractivity contribution in [1.29, 1.82) is 0 Å². The molecule has 0 aliphatic carbocycles. The van der Waals surface area contributed by atoms with E-state index in [1.165, 1.54) is 12.3 Å². The molecule has 0 aromatic carbocycles. The highest BCUT2D eigenvalue weighted by molar-refractivity contribution is 5.97. The molecule has 0 saturated carbocycles. The molecule has 1 aliphatic heterocycles. The summed E-state index contributed by atoms with van der Waals surface area (Å²) in [6, 6.07) is 2.17. The van der Waals surface area contributed by atoms with Gasteiger partial charge in [0.1, 0.15) is 11.9 Å². The Bertz CT molecular complexity index is 932.